The summed E-state index contributed by atoms with van der Waals surface area (Å²) < 4.78 is 6.05. The minimum Gasteiger partial charge on any atom is -0.457 e. The minimum absolute atomic E-state index is 0.493. The van der Waals surface area contributed by atoms with Crippen molar-refractivity contribution in [2.75, 3.05) is 26.2 Å². The van der Waals surface area contributed by atoms with Crippen LogP contribution in [0, 0.1) is 0 Å². The van der Waals surface area contributed by atoms with Crippen LogP contribution >= 0.6 is 0 Å². The van der Waals surface area contributed by atoms with Gasteiger partial charge in [0.05, 0.1) is 0 Å². The first-order chi connectivity index (χ1) is 12.4. The lowest BCUT2D eigenvalue weighted by Gasteiger charge is -2.35. The van der Waals surface area contributed by atoms with Crippen LogP contribution in [0.2, 0.25) is 0 Å². The summed E-state index contributed by atoms with van der Waals surface area (Å²) >= 11 is 0. The molecule has 1 aliphatic rings. The zero-order chi connectivity index (χ0) is 17.3. The summed E-state index contributed by atoms with van der Waals surface area (Å²) in [5.41, 5.74) is 1.38. The van der Waals surface area contributed by atoms with E-state index in [4.69, 9.17) is 4.74 Å². The summed E-state index contributed by atoms with van der Waals surface area (Å²) in [5.74, 6) is 1.82. The number of hydrogen-bond acceptors (Lipinski definition) is 3. The maximum absolute atomic E-state index is 6.05. The largest absolute Gasteiger partial charge is 0.457 e. The van der Waals surface area contributed by atoms with Gasteiger partial charge in [-0.05, 0) is 36.2 Å². The molecule has 1 atom stereocenters. The molecule has 1 aliphatic heterocycles. The van der Waals surface area contributed by atoms with Crippen LogP contribution in [-0.4, -0.2) is 31.1 Å². The number of ether oxygens (including phenoxy) is 1. The molecule has 134 valence electrons. The third-order valence-corrected chi connectivity index (χ3v) is 4.90. The van der Waals surface area contributed by atoms with Gasteiger partial charge in [-0.3, -0.25) is 4.90 Å². The molecule has 0 aromatic heterocycles. The highest BCUT2D eigenvalue weighted by Gasteiger charge is 2.22. The summed E-state index contributed by atoms with van der Waals surface area (Å²) in [7, 11) is 0. The maximum Gasteiger partial charge on any atom is 0.127 e. The van der Waals surface area contributed by atoms with E-state index in [1.165, 1.54) is 31.2 Å². The molecule has 2 aromatic carbocycles. The Morgan fingerprint density at radius 3 is 2.48 bits per heavy atom. The van der Waals surface area contributed by atoms with E-state index in [2.05, 4.69) is 41.4 Å². The van der Waals surface area contributed by atoms with Crippen LogP contribution in [0.25, 0.3) is 0 Å². The second kappa shape index (κ2) is 9.59. The van der Waals surface area contributed by atoms with Gasteiger partial charge in [-0.15, -0.1) is 0 Å². The lowest BCUT2D eigenvalue weighted by Crippen LogP contribution is -2.45. The molecule has 1 saturated heterocycles. The average Bonchev–Trinajstić information content (AvgIpc) is 2.67. The number of rotatable bonds is 8. The van der Waals surface area contributed by atoms with E-state index in [1.807, 2.05) is 30.3 Å². The Kier molecular flexibility index (Phi) is 6.89. The summed E-state index contributed by atoms with van der Waals surface area (Å²) in [6, 6.07) is 19.2. The summed E-state index contributed by atoms with van der Waals surface area (Å²) in [5, 5.41) is 3.47. The lowest BCUT2D eigenvalue weighted by molar-refractivity contribution is 0.162. The molecule has 0 radical (unpaired) electrons. The Hall–Kier alpha value is -1.84. The van der Waals surface area contributed by atoms with Gasteiger partial charge in [-0.2, -0.15) is 0 Å². The molecule has 0 unspecified atom stereocenters. The Balaban J connectivity index is 1.75. The van der Waals surface area contributed by atoms with Gasteiger partial charge in [-0.1, -0.05) is 56.5 Å². The van der Waals surface area contributed by atoms with Crippen LogP contribution in [0.5, 0.6) is 11.5 Å². The molecule has 0 aliphatic carbocycles. The monoisotopic (exact) mass is 338 g/mol. The van der Waals surface area contributed by atoms with Crippen molar-refractivity contribution in [1.82, 2.24) is 10.2 Å². The first kappa shape index (κ1) is 18.0. The van der Waals surface area contributed by atoms with Crippen molar-refractivity contribution >= 4 is 0 Å². The smallest absolute Gasteiger partial charge is 0.127 e. The van der Waals surface area contributed by atoms with Gasteiger partial charge in [0.25, 0.3) is 0 Å². The Labute approximate surface area is 152 Å². The van der Waals surface area contributed by atoms with E-state index in [-0.39, 0.29) is 0 Å². The van der Waals surface area contributed by atoms with Crippen LogP contribution in [0.3, 0.4) is 0 Å². The lowest BCUT2D eigenvalue weighted by atomic mass is 9.98. The zero-order valence-corrected chi connectivity index (χ0v) is 15.3. The molecule has 1 fully saturated rings. The molecule has 0 spiro atoms. The van der Waals surface area contributed by atoms with Gasteiger partial charge < -0.3 is 10.1 Å². The standard InChI is InChI=1S/C22H30N2O/c1-2-3-5-13-22(24-16-14-23-15-17-24)19-9-8-12-21(18-19)25-20-10-6-4-7-11-20/h4,6-12,18,22-23H,2-3,5,13-17H2,1H3/t22-/m0/s1. The van der Waals surface area contributed by atoms with Crippen LogP contribution in [0.15, 0.2) is 54.6 Å². The highest BCUT2D eigenvalue weighted by atomic mass is 16.5. The van der Waals surface area contributed by atoms with Crippen molar-refractivity contribution in [1.29, 1.82) is 0 Å². The number of piperazine rings is 1. The van der Waals surface area contributed by atoms with E-state index >= 15 is 0 Å². The van der Waals surface area contributed by atoms with Crippen LogP contribution < -0.4 is 10.1 Å². The first-order valence-corrected chi connectivity index (χ1v) is 9.64. The van der Waals surface area contributed by atoms with E-state index in [1.54, 1.807) is 0 Å². The number of benzene rings is 2. The highest BCUT2D eigenvalue weighted by molar-refractivity contribution is 5.35. The van der Waals surface area contributed by atoms with Crippen molar-refractivity contribution in [3.8, 4) is 11.5 Å². The highest BCUT2D eigenvalue weighted by Crippen LogP contribution is 2.31. The summed E-state index contributed by atoms with van der Waals surface area (Å²) in [6.07, 6.45) is 5.09. The third-order valence-electron chi connectivity index (χ3n) is 4.90. The Bertz CT molecular complexity index is 623. The summed E-state index contributed by atoms with van der Waals surface area (Å²) in [4.78, 5) is 2.63. The second-order valence-corrected chi connectivity index (χ2v) is 6.79. The van der Waals surface area contributed by atoms with Gasteiger partial charge in [0, 0.05) is 32.2 Å². The maximum atomic E-state index is 6.05. The molecular weight excluding hydrogens is 308 g/mol. The normalized spacial score (nSPS) is 16.5. The predicted molar refractivity (Wildman–Crippen MR) is 104 cm³/mol. The van der Waals surface area contributed by atoms with Gasteiger partial charge in [0.1, 0.15) is 11.5 Å². The molecule has 0 saturated carbocycles. The molecule has 1 N–H and O–H groups in total. The molecule has 3 heteroatoms. The molecular formula is C22H30N2O. The molecule has 0 amide bonds. The summed E-state index contributed by atoms with van der Waals surface area (Å²) in [6.45, 7) is 6.70. The number of nitrogens with one attached hydrogen (secondary N) is 1. The Morgan fingerprint density at radius 2 is 1.72 bits per heavy atom. The van der Waals surface area contributed by atoms with E-state index in [0.29, 0.717) is 6.04 Å². The van der Waals surface area contributed by atoms with Gasteiger partial charge in [0.15, 0.2) is 0 Å². The second-order valence-electron chi connectivity index (χ2n) is 6.79. The van der Waals surface area contributed by atoms with Gasteiger partial charge in [-0.25, -0.2) is 0 Å². The quantitative estimate of drug-likeness (QED) is 0.685. The zero-order valence-electron chi connectivity index (χ0n) is 15.3. The molecule has 0 bridgehead atoms. The minimum atomic E-state index is 0.493. The molecule has 3 rings (SSSR count). The fourth-order valence-corrected chi connectivity index (χ4v) is 3.55. The van der Waals surface area contributed by atoms with Crippen LogP contribution in [-0.2, 0) is 0 Å². The topological polar surface area (TPSA) is 24.5 Å². The van der Waals surface area contributed by atoms with Crippen LogP contribution in [0.4, 0.5) is 0 Å². The third kappa shape index (κ3) is 5.32. The fraction of sp³-hybridized carbons (Fsp3) is 0.455. The fourth-order valence-electron chi connectivity index (χ4n) is 3.55. The van der Waals surface area contributed by atoms with Gasteiger partial charge in [0.2, 0.25) is 0 Å². The average molecular weight is 338 g/mol. The van der Waals surface area contributed by atoms with Crippen molar-refractivity contribution < 1.29 is 4.74 Å². The van der Waals surface area contributed by atoms with Crippen molar-refractivity contribution in [2.45, 2.75) is 38.6 Å². The van der Waals surface area contributed by atoms with Crippen molar-refractivity contribution in [2.24, 2.45) is 0 Å². The van der Waals surface area contributed by atoms with Crippen molar-refractivity contribution in [3.05, 3.63) is 60.2 Å². The molecule has 3 nitrogen and oxygen atoms in total. The molecule has 2 aromatic rings. The number of nitrogens with zero attached hydrogens (tertiary/aromatic N) is 1. The van der Waals surface area contributed by atoms with E-state index in [9.17, 15) is 0 Å². The SMILES string of the molecule is CCCCC[C@@H](c1cccc(Oc2ccccc2)c1)N1CCNCC1. The van der Waals surface area contributed by atoms with E-state index in [0.717, 1.165) is 37.7 Å². The van der Waals surface area contributed by atoms with Gasteiger partial charge >= 0.3 is 0 Å². The molecule has 25 heavy (non-hydrogen) atoms. The Morgan fingerprint density at radius 1 is 0.960 bits per heavy atom. The number of hydrogen-bond donors (Lipinski definition) is 1. The van der Waals surface area contributed by atoms with Crippen molar-refractivity contribution in [3.63, 3.8) is 0 Å². The number of para-hydroxylation sites is 1. The molecule has 1 heterocycles. The van der Waals surface area contributed by atoms with E-state index < -0.39 is 0 Å². The van der Waals surface area contributed by atoms with Crippen LogP contribution in [0.1, 0.15) is 44.2 Å². The predicted octanol–water partition coefficient (Wildman–Crippen LogP) is 5.01. The first-order valence-electron chi connectivity index (χ1n) is 9.64. The number of unbranched alkanes of at least 4 members (excludes halogenated alkanes) is 2.